The standard InChI is InChI=1S/C37H46N6O4S2.C36H46N6O4S2.C35H44N6O5S2/c1-25(2)33(42-36(45)43(5)21-31-23-48-35(40-31)26(3)4)34(44)39-29(18-27-12-8-6-9-13-27)16-17-30(19-28-14-10-7-11-15-28)41-37(46)47-22-32-20-38-24-49-32;1-5-32(41-35(44)42(4)21-30-23-47-34(39-30)25(2)3)33(43)38-28(18-26-12-8-6-9-13-26)16-17-29(19-27-14-10-7-11-15-27)40-36(45)46-22-31-20-37-24-48-31;1-24(2)33-38-29(22-47-33)19-41(3)34(44)40-31(20-42)32(43)37-27(16-25-10-6-4-7-11-25)14-15-28(17-26-12-8-5-9-13-26)39-35(45)46-21-30-18-36-23-48-30/h6-17,20,23-26,29-30,33H,18-19,21-22H2,1-5H3,(H,39,44)(H,41,46)(H,42,45);6-15,20,23-25,28-29,32H,5,16-19,21-22H2,1-4H3,(H,38,43)(H,40,45)(H,41,44);4-13,18,22-24,27-28,31,42H,14-17,19-21H2,1-3H3,(H,37,43)(H,39,45)(H,40,44)/b17-16+;;. The summed E-state index contributed by atoms with van der Waals surface area (Å²) in [5.74, 6) is -0.271. The lowest BCUT2D eigenvalue weighted by Gasteiger charge is -2.27. The zero-order valence-electron chi connectivity index (χ0n) is 84.2. The number of benzene rings is 6. The van der Waals surface area contributed by atoms with E-state index in [1.807, 2.05) is 231 Å². The molecule has 37 heteroatoms. The van der Waals surface area contributed by atoms with Crippen molar-refractivity contribution in [1.29, 1.82) is 0 Å². The second kappa shape index (κ2) is 61.2. The molecule has 0 saturated heterocycles. The highest BCUT2D eigenvalue weighted by Gasteiger charge is 2.32. The van der Waals surface area contributed by atoms with Gasteiger partial charge in [0.15, 0.2) is 0 Å². The molecule has 0 aliphatic rings. The number of hydrogen-bond acceptors (Lipinski definition) is 25. The van der Waals surface area contributed by atoms with Gasteiger partial charge in [0.05, 0.1) is 102 Å². The highest BCUT2D eigenvalue weighted by molar-refractivity contribution is 7.11. The minimum Gasteiger partial charge on any atom is -0.444 e. The molecule has 772 valence electrons. The maximum absolute atomic E-state index is 13.8. The molecule has 6 aromatic carbocycles. The smallest absolute Gasteiger partial charge is 0.407 e. The lowest BCUT2D eigenvalue weighted by molar-refractivity contribution is -0.125. The van der Waals surface area contributed by atoms with Gasteiger partial charge in [0.1, 0.15) is 37.9 Å². The molecule has 0 spiro atoms. The number of nitrogens with one attached hydrogen (secondary N) is 9. The molecule has 6 heterocycles. The topological polar surface area (TPSA) is 397 Å². The summed E-state index contributed by atoms with van der Waals surface area (Å²) in [7, 11) is 5.02. The van der Waals surface area contributed by atoms with E-state index in [0.29, 0.717) is 101 Å². The van der Waals surface area contributed by atoms with Crippen LogP contribution in [0.1, 0.15) is 192 Å². The molecule has 0 fully saturated rings. The van der Waals surface area contributed by atoms with E-state index < -0.39 is 67.0 Å². The summed E-state index contributed by atoms with van der Waals surface area (Å²) in [4.78, 5) is 152. The summed E-state index contributed by atoms with van der Waals surface area (Å²) in [5, 5.41) is 45.9. The van der Waals surface area contributed by atoms with Crippen molar-refractivity contribution in [3.63, 3.8) is 0 Å². The third kappa shape index (κ3) is 41.5. The first-order valence-corrected chi connectivity index (χ1v) is 54.0. The normalized spacial score (nSPS) is 13.0. The number of carbonyl (C=O) groups is 9. The Morgan fingerprint density at radius 2 is 0.628 bits per heavy atom. The van der Waals surface area contributed by atoms with E-state index in [9.17, 15) is 48.3 Å². The number of carbonyl (C=O) groups excluding carboxylic acids is 9. The Kier molecular flexibility index (Phi) is 48.0. The molecular formula is C108H136N18O13S6. The van der Waals surface area contributed by atoms with E-state index in [-0.39, 0.29) is 80.3 Å². The molecule has 145 heavy (non-hydrogen) atoms. The quantitative estimate of drug-likeness (QED) is 0.0125. The predicted octanol–water partition coefficient (Wildman–Crippen LogP) is 18.7. The molecule has 0 saturated carbocycles. The molecule has 12 amide bonds. The van der Waals surface area contributed by atoms with Gasteiger partial charge >= 0.3 is 36.4 Å². The summed E-state index contributed by atoms with van der Waals surface area (Å²) in [6.45, 7) is 19.0. The molecule has 6 aromatic heterocycles. The van der Waals surface area contributed by atoms with Crippen molar-refractivity contribution in [1.82, 2.24) is 92.5 Å². The fraction of sp³-hybridized carbons (Fsp3) is 0.398. The van der Waals surface area contributed by atoms with Crippen molar-refractivity contribution in [2.45, 2.75) is 245 Å². The van der Waals surface area contributed by atoms with Crippen LogP contribution in [0.25, 0.3) is 0 Å². The van der Waals surface area contributed by atoms with Gasteiger partial charge in [-0.05, 0) is 110 Å². The number of aromatic nitrogens is 6. The molecule has 31 nitrogen and oxygen atoms in total. The minimum atomic E-state index is -1.15. The number of aliphatic hydroxyl groups excluding tert-OH is 1. The second-order valence-corrected chi connectivity index (χ2v) is 42.2. The van der Waals surface area contributed by atoms with Crippen LogP contribution in [0.4, 0.5) is 28.8 Å². The van der Waals surface area contributed by atoms with Crippen LogP contribution in [-0.4, -0.2) is 186 Å². The molecule has 0 radical (unpaired) electrons. The molecule has 10 N–H and O–H groups in total. The van der Waals surface area contributed by atoms with Crippen molar-refractivity contribution >= 4 is 122 Å². The molecule has 12 rings (SSSR count). The van der Waals surface area contributed by atoms with Gasteiger partial charge in [-0.15, -0.1) is 68.0 Å². The van der Waals surface area contributed by atoms with Crippen molar-refractivity contribution < 1.29 is 62.5 Å². The number of thiazole rings is 6. The van der Waals surface area contributed by atoms with Crippen LogP contribution >= 0.6 is 68.0 Å². The lowest BCUT2D eigenvalue weighted by Crippen LogP contribution is -2.54. The molecule has 9 unspecified atom stereocenters. The average Bonchev–Trinajstić information content (AvgIpc) is 1.71. The third-order valence-corrected chi connectivity index (χ3v) is 29.0. The van der Waals surface area contributed by atoms with E-state index >= 15 is 0 Å². The summed E-state index contributed by atoms with van der Waals surface area (Å²) in [6, 6.07) is 53.5. The summed E-state index contributed by atoms with van der Waals surface area (Å²) >= 11 is 8.98. The van der Waals surface area contributed by atoms with Crippen LogP contribution in [0, 0.1) is 5.92 Å². The van der Waals surface area contributed by atoms with Crippen LogP contribution in [0.3, 0.4) is 0 Å². The number of urea groups is 3. The molecule has 0 bridgehead atoms. The van der Waals surface area contributed by atoms with Crippen molar-refractivity contribution in [3.8, 4) is 0 Å². The number of ether oxygens (including phenoxy) is 3. The van der Waals surface area contributed by atoms with E-state index in [1.165, 1.54) is 43.8 Å². The first-order valence-electron chi connectivity index (χ1n) is 48.7. The summed E-state index contributed by atoms with van der Waals surface area (Å²) < 4.78 is 16.4. The Morgan fingerprint density at radius 3 is 0.910 bits per heavy atom. The van der Waals surface area contributed by atoms with Crippen LogP contribution in [-0.2, 0) is 107 Å². The van der Waals surface area contributed by atoms with E-state index in [1.54, 1.807) is 95.2 Å². The summed E-state index contributed by atoms with van der Waals surface area (Å²) in [6.07, 6.45) is 13.3. The number of amides is 12. The minimum absolute atomic E-state index is 0.130. The van der Waals surface area contributed by atoms with Gasteiger partial charge in [0.25, 0.3) is 0 Å². The van der Waals surface area contributed by atoms with E-state index in [2.05, 4.69) is 119 Å². The average molecular weight is 2090 g/mol. The highest BCUT2D eigenvalue weighted by atomic mass is 32.1. The third-order valence-electron chi connectivity index (χ3n) is 23.1. The van der Waals surface area contributed by atoms with Gasteiger partial charge in [-0.3, -0.25) is 29.3 Å². The zero-order valence-corrected chi connectivity index (χ0v) is 89.1. The molecule has 0 aliphatic heterocycles. The fourth-order valence-corrected chi connectivity index (χ4v) is 19.2. The predicted molar refractivity (Wildman–Crippen MR) is 574 cm³/mol. The van der Waals surface area contributed by atoms with Crippen LogP contribution in [0.15, 0.2) is 245 Å². The van der Waals surface area contributed by atoms with Crippen molar-refractivity contribution in [2.24, 2.45) is 5.92 Å². The fourth-order valence-electron chi connectivity index (χ4n) is 15.2. The zero-order chi connectivity index (χ0) is 104. The van der Waals surface area contributed by atoms with Crippen LogP contribution in [0.5, 0.6) is 0 Å². The number of alkyl carbamates (subject to hydrolysis) is 3. The first-order chi connectivity index (χ1) is 70.0. The van der Waals surface area contributed by atoms with E-state index in [0.717, 1.165) is 80.1 Å². The summed E-state index contributed by atoms with van der Waals surface area (Å²) in [5.41, 5.74) is 13.8. The number of hydrogen-bond donors (Lipinski definition) is 10. The Bertz CT molecular complexity index is 5620. The van der Waals surface area contributed by atoms with Crippen LogP contribution < -0.4 is 47.9 Å². The van der Waals surface area contributed by atoms with Gasteiger partial charge in [-0.25, -0.2) is 43.7 Å². The molecule has 12 aromatic rings. The Labute approximate surface area is 874 Å². The van der Waals surface area contributed by atoms with Gasteiger partial charge in [-0.1, -0.05) is 256 Å². The monoisotopic (exact) mass is 2080 g/mol. The number of aliphatic hydroxyl groups is 1. The first kappa shape index (κ1) is 114. The van der Waals surface area contributed by atoms with Gasteiger partial charge in [0, 0.05) is 97.8 Å². The van der Waals surface area contributed by atoms with Gasteiger partial charge in [-0.2, -0.15) is 0 Å². The number of nitrogens with zero attached hydrogens (tertiary/aromatic N) is 9. The van der Waals surface area contributed by atoms with Gasteiger partial charge in [0.2, 0.25) is 17.7 Å². The maximum Gasteiger partial charge on any atom is 0.407 e. The largest absolute Gasteiger partial charge is 0.444 e. The Hall–Kier alpha value is -13.2. The van der Waals surface area contributed by atoms with Crippen LogP contribution in [0.2, 0.25) is 0 Å². The SMILES string of the molecule is CC(C)c1nc(CN(C)C(=O)NC(C(=O)NC(/C=C/C(Cc2ccccc2)NC(=O)OCc2cncs2)Cc2ccccc2)C(C)C)cs1.CC(C)c1nc(CN(C)C(=O)NC(CO)C(=O)NC(CCC(Cc2ccccc2)NC(=O)OCc2cncs2)Cc2ccccc2)cs1.CCC(NC(=O)N(C)Cc1csc(C(C)C)n1)C(=O)NC(CCC(Cc1ccccc1)NC(=O)OCc1cncs1)Cc1ccccc1. The Morgan fingerprint density at radius 1 is 0.345 bits per heavy atom. The van der Waals surface area contributed by atoms with Crippen molar-refractivity contribution in [3.05, 3.63) is 326 Å². The highest BCUT2D eigenvalue weighted by Crippen LogP contribution is 2.26. The lowest BCUT2D eigenvalue weighted by atomic mass is 9.95. The van der Waals surface area contributed by atoms with Crippen molar-refractivity contribution in [2.75, 3.05) is 27.7 Å². The Balaban J connectivity index is 0.000000223. The molecule has 0 aliphatic carbocycles. The van der Waals surface area contributed by atoms with Gasteiger partial charge < -0.3 is 81.9 Å². The van der Waals surface area contributed by atoms with E-state index in [4.69, 9.17) is 14.2 Å². The second-order valence-electron chi connectivity index (χ2n) is 36.6. The molecular weight excluding hydrogens is 1950 g/mol. The maximum atomic E-state index is 13.8. The number of rotatable bonds is 50. The molecule has 9 atom stereocenters.